The van der Waals surface area contributed by atoms with Gasteiger partial charge in [0.2, 0.25) is 0 Å². The minimum Gasteiger partial charge on any atom is -0.354 e. The first-order chi connectivity index (χ1) is 9.65. The lowest BCUT2D eigenvalue weighted by atomic mass is 10.1. The van der Waals surface area contributed by atoms with Crippen molar-refractivity contribution in [2.24, 2.45) is 0 Å². The van der Waals surface area contributed by atoms with Gasteiger partial charge >= 0.3 is 0 Å². The molecule has 2 heterocycles. The van der Waals surface area contributed by atoms with Crippen molar-refractivity contribution in [3.05, 3.63) is 41.9 Å². The van der Waals surface area contributed by atoms with Crippen LogP contribution in [0, 0.1) is 0 Å². The fraction of sp³-hybridized carbons (Fsp3) is 0.357. The van der Waals surface area contributed by atoms with Gasteiger partial charge in [0.15, 0.2) is 11.5 Å². The number of hydrogen-bond donors (Lipinski definition) is 2. The molecule has 0 fully saturated rings. The maximum atomic E-state index is 11.5. The zero-order chi connectivity index (χ0) is 14.5. The Bertz CT molecular complexity index is 593. The van der Waals surface area contributed by atoms with Gasteiger partial charge in [-0.05, 0) is 37.2 Å². The van der Waals surface area contributed by atoms with Crippen LogP contribution in [0.3, 0.4) is 0 Å². The number of rotatable bonds is 5. The largest absolute Gasteiger partial charge is 0.354 e. The van der Waals surface area contributed by atoms with Crippen molar-refractivity contribution in [1.82, 2.24) is 25.4 Å². The van der Waals surface area contributed by atoms with Crippen molar-refractivity contribution >= 4 is 5.91 Å². The Kier molecular flexibility index (Phi) is 4.47. The van der Waals surface area contributed by atoms with Crippen molar-refractivity contribution in [1.29, 1.82) is 0 Å². The Morgan fingerprint density at radius 3 is 2.95 bits per heavy atom. The zero-order valence-corrected chi connectivity index (χ0v) is 11.9. The third-order valence-corrected chi connectivity index (χ3v) is 3.06. The molecule has 6 heteroatoms. The molecule has 0 radical (unpaired) electrons. The average Bonchev–Trinajstić information content (AvgIpc) is 2.96. The van der Waals surface area contributed by atoms with Gasteiger partial charge in [0.25, 0.3) is 5.91 Å². The number of nitrogens with zero attached hydrogens (tertiary/aromatic N) is 3. The minimum absolute atomic E-state index is 0.207. The van der Waals surface area contributed by atoms with E-state index in [0.717, 1.165) is 12.1 Å². The first-order valence-electron chi connectivity index (χ1n) is 6.63. The molecule has 2 aromatic heterocycles. The average molecular weight is 273 g/mol. The Morgan fingerprint density at radius 1 is 1.45 bits per heavy atom. The van der Waals surface area contributed by atoms with Crippen molar-refractivity contribution in [2.45, 2.75) is 19.9 Å². The maximum absolute atomic E-state index is 11.5. The number of aromatic nitrogens is 3. The van der Waals surface area contributed by atoms with E-state index in [0.29, 0.717) is 11.5 Å². The molecular formula is C14H19N5O. The highest BCUT2D eigenvalue weighted by molar-refractivity contribution is 5.91. The van der Waals surface area contributed by atoms with Crippen LogP contribution in [0.2, 0.25) is 0 Å². The van der Waals surface area contributed by atoms with E-state index in [1.54, 1.807) is 30.2 Å². The van der Waals surface area contributed by atoms with Gasteiger partial charge < -0.3 is 10.6 Å². The van der Waals surface area contributed by atoms with Gasteiger partial charge in [-0.15, -0.1) is 0 Å². The molecule has 0 aliphatic rings. The van der Waals surface area contributed by atoms with Gasteiger partial charge in [0, 0.05) is 25.5 Å². The summed E-state index contributed by atoms with van der Waals surface area (Å²) in [6.07, 6.45) is 3.48. The monoisotopic (exact) mass is 273 g/mol. The molecule has 2 rings (SSSR count). The van der Waals surface area contributed by atoms with Gasteiger partial charge in [0.05, 0.1) is 0 Å². The topological polar surface area (TPSA) is 71.8 Å². The normalized spacial score (nSPS) is 12.2. The van der Waals surface area contributed by atoms with Gasteiger partial charge in [-0.3, -0.25) is 4.79 Å². The van der Waals surface area contributed by atoms with E-state index in [1.807, 2.05) is 12.1 Å². The van der Waals surface area contributed by atoms with Crippen LogP contribution in [0.25, 0.3) is 5.82 Å². The molecular weight excluding hydrogens is 254 g/mol. The van der Waals surface area contributed by atoms with Crippen LogP contribution in [0.1, 0.15) is 35.9 Å². The Balaban J connectivity index is 2.26. The van der Waals surface area contributed by atoms with E-state index in [1.165, 1.54) is 0 Å². The fourth-order valence-electron chi connectivity index (χ4n) is 1.95. The predicted molar refractivity (Wildman–Crippen MR) is 76.8 cm³/mol. The zero-order valence-electron chi connectivity index (χ0n) is 11.9. The van der Waals surface area contributed by atoms with E-state index in [4.69, 9.17) is 0 Å². The molecule has 0 spiro atoms. The summed E-state index contributed by atoms with van der Waals surface area (Å²) in [5.41, 5.74) is 1.51. The number of carbonyl (C=O) groups is 1. The van der Waals surface area contributed by atoms with Crippen molar-refractivity contribution in [3.63, 3.8) is 0 Å². The van der Waals surface area contributed by atoms with E-state index in [2.05, 4.69) is 34.6 Å². The molecule has 1 atom stereocenters. The van der Waals surface area contributed by atoms with Crippen molar-refractivity contribution < 1.29 is 4.79 Å². The number of hydrogen-bond acceptors (Lipinski definition) is 4. The smallest absolute Gasteiger partial charge is 0.271 e. The third kappa shape index (κ3) is 3.03. The number of pyridine rings is 1. The number of carbonyl (C=O) groups excluding carboxylic acids is 1. The third-order valence-electron chi connectivity index (χ3n) is 3.06. The highest BCUT2D eigenvalue weighted by Gasteiger charge is 2.10. The van der Waals surface area contributed by atoms with Gasteiger partial charge in [-0.25, -0.2) is 9.67 Å². The molecule has 0 saturated carbocycles. The summed E-state index contributed by atoms with van der Waals surface area (Å²) in [4.78, 5) is 15.8. The van der Waals surface area contributed by atoms with E-state index < -0.39 is 0 Å². The second-order valence-corrected chi connectivity index (χ2v) is 4.45. The summed E-state index contributed by atoms with van der Waals surface area (Å²) in [6, 6.07) is 5.85. The minimum atomic E-state index is -0.207. The summed E-state index contributed by atoms with van der Waals surface area (Å²) in [5, 5.41) is 10.1. The summed E-state index contributed by atoms with van der Waals surface area (Å²) in [6.45, 7) is 5.07. The standard InChI is InChI=1S/C14H19N5O/c1-4-16-10(2)11-5-7-17-13(9-11)19-8-6-12(18-19)14(20)15-3/h5-10,16H,4H2,1-3H3,(H,15,20). The first-order valence-corrected chi connectivity index (χ1v) is 6.63. The predicted octanol–water partition coefficient (Wildman–Crippen LogP) is 1.30. The molecule has 0 aliphatic carbocycles. The molecule has 2 aromatic rings. The lowest BCUT2D eigenvalue weighted by Gasteiger charge is -2.13. The lowest BCUT2D eigenvalue weighted by molar-refractivity contribution is 0.0957. The molecule has 20 heavy (non-hydrogen) atoms. The maximum Gasteiger partial charge on any atom is 0.271 e. The second-order valence-electron chi connectivity index (χ2n) is 4.45. The molecule has 0 saturated heterocycles. The Morgan fingerprint density at radius 2 is 2.25 bits per heavy atom. The van der Waals surface area contributed by atoms with E-state index >= 15 is 0 Å². The van der Waals surface area contributed by atoms with Gasteiger partial charge in [-0.1, -0.05) is 6.92 Å². The Labute approximate surface area is 118 Å². The molecule has 6 nitrogen and oxygen atoms in total. The number of amides is 1. The van der Waals surface area contributed by atoms with Gasteiger partial charge in [-0.2, -0.15) is 5.10 Å². The van der Waals surface area contributed by atoms with Crippen LogP contribution in [-0.2, 0) is 0 Å². The van der Waals surface area contributed by atoms with Crippen LogP contribution in [-0.4, -0.2) is 34.3 Å². The van der Waals surface area contributed by atoms with Crippen LogP contribution in [0.4, 0.5) is 0 Å². The molecule has 106 valence electrons. The number of nitrogens with one attached hydrogen (secondary N) is 2. The summed E-state index contributed by atoms with van der Waals surface area (Å²) in [7, 11) is 1.58. The van der Waals surface area contributed by atoms with E-state index in [-0.39, 0.29) is 11.9 Å². The highest BCUT2D eigenvalue weighted by Crippen LogP contribution is 2.14. The van der Waals surface area contributed by atoms with E-state index in [9.17, 15) is 4.79 Å². The molecule has 1 amide bonds. The van der Waals surface area contributed by atoms with Crippen molar-refractivity contribution in [2.75, 3.05) is 13.6 Å². The quantitative estimate of drug-likeness (QED) is 0.861. The summed E-state index contributed by atoms with van der Waals surface area (Å²) < 4.78 is 1.60. The fourth-order valence-corrected chi connectivity index (χ4v) is 1.95. The SMILES string of the molecule is CCNC(C)c1ccnc(-n2ccc(C(=O)NC)n2)c1. The van der Waals surface area contributed by atoms with Crippen LogP contribution in [0.15, 0.2) is 30.6 Å². The molecule has 1 unspecified atom stereocenters. The summed E-state index contributed by atoms with van der Waals surface area (Å²) in [5.74, 6) is 0.489. The molecule has 2 N–H and O–H groups in total. The lowest BCUT2D eigenvalue weighted by Crippen LogP contribution is -2.19. The van der Waals surface area contributed by atoms with Crippen LogP contribution < -0.4 is 10.6 Å². The van der Waals surface area contributed by atoms with Gasteiger partial charge in [0.1, 0.15) is 0 Å². The van der Waals surface area contributed by atoms with Crippen LogP contribution >= 0.6 is 0 Å². The van der Waals surface area contributed by atoms with Crippen molar-refractivity contribution in [3.8, 4) is 5.82 Å². The molecule has 0 bridgehead atoms. The highest BCUT2D eigenvalue weighted by atomic mass is 16.1. The Hall–Kier alpha value is -2.21. The first kappa shape index (κ1) is 14.2. The van der Waals surface area contributed by atoms with Crippen LogP contribution in [0.5, 0.6) is 0 Å². The summed E-state index contributed by atoms with van der Waals surface area (Å²) >= 11 is 0. The molecule has 0 aliphatic heterocycles. The molecule has 0 aromatic carbocycles. The second kappa shape index (κ2) is 6.29.